The second-order valence-corrected chi connectivity index (χ2v) is 6.21. The number of nitrogens with zero attached hydrogens (tertiary/aromatic N) is 1. The van der Waals surface area contributed by atoms with E-state index in [4.69, 9.17) is 26.8 Å². The lowest BCUT2D eigenvalue weighted by Gasteiger charge is -2.23. The number of nitrogens with two attached hydrogens (primary N) is 1. The lowest BCUT2D eigenvalue weighted by atomic mass is 10.2. The Bertz CT molecular complexity index is 617. The van der Waals surface area contributed by atoms with Crippen LogP contribution in [0, 0.1) is 0 Å². The second-order valence-electron chi connectivity index (χ2n) is 3.89. The van der Waals surface area contributed by atoms with Gasteiger partial charge in [0, 0.05) is 12.1 Å². The van der Waals surface area contributed by atoms with Crippen molar-refractivity contribution >= 4 is 33.2 Å². The molecule has 9 heteroatoms. The summed E-state index contributed by atoms with van der Waals surface area (Å²) in [5.74, 6) is -0.366. The summed E-state index contributed by atoms with van der Waals surface area (Å²) in [5.41, 5.74) is 5.20. The average Bonchev–Trinajstić information content (AvgIpc) is 2.34. The highest BCUT2D eigenvalue weighted by molar-refractivity contribution is 7.92. The minimum atomic E-state index is -3.73. The van der Waals surface area contributed by atoms with E-state index in [1.54, 1.807) is 0 Å². The number of carbonyl (C=O) groups excluding carboxylic acids is 1. The van der Waals surface area contributed by atoms with Crippen LogP contribution in [0.3, 0.4) is 0 Å². The zero-order valence-corrected chi connectivity index (χ0v) is 12.8. The van der Waals surface area contributed by atoms with Crippen molar-refractivity contribution in [2.75, 3.05) is 31.3 Å². The third kappa shape index (κ3) is 3.67. The molecule has 1 aromatic carbocycles. The summed E-state index contributed by atoms with van der Waals surface area (Å²) in [6.45, 7) is -0.514. The van der Waals surface area contributed by atoms with Crippen molar-refractivity contribution < 1.29 is 22.7 Å². The summed E-state index contributed by atoms with van der Waals surface area (Å²) in [4.78, 5) is 11.1. The van der Waals surface area contributed by atoms with Crippen LogP contribution in [0.2, 0.25) is 5.02 Å². The standard InChI is InChI=1S/C11H15ClN2O5S/c1-18-9-5-8(10(19-2)4-7(9)12)14(6-11(13)15)20(3,16)17/h4-5H,6H2,1-3H3,(H2,13,15). The summed E-state index contributed by atoms with van der Waals surface area (Å²) in [6.07, 6.45) is 0.955. The summed E-state index contributed by atoms with van der Waals surface area (Å²) in [6, 6.07) is 2.76. The van der Waals surface area contributed by atoms with Crippen LogP contribution in [0.1, 0.15) is 0 Å². The van der Waals surface area contributed by atoms with Crippen molar-refractivity contribution in [3.8, 4) is 11.5 Å². The molecule has 7 nitrogen and oxygen atoms in total. The molecule has 112 valence electrons. The van der Waals surface area contributed by atoms with Gasteiger partial charge in [-0.2, -0.15) is 0 Å². The number of anilines is 1. The number of rotatable bonds is 6. The Labute approximate surface area is 122 Å². The largest absolute Gasteiger partial charge is 0.495 e. The first kappa shape index (κ1) is 16.4. The van der Waals surface area contributed by atoms with E-state index in [2.05, 4.69) is 0 Å². The molecule has 0 saturated carbocycles. The number of carbonyl (C=O) groups is 1. The van der Waals surface area contributed by atoms with Gasteiger partial charge in [0.15, 0.2) is 0 Å². The fourth-order valence-electron chi connectivity index (χ4n) is 1.56. The Hall–Kier alpha value is -1.67. The molecule has 0 fully saturated rings. The lowest BCUT2D eigenvalue weighted by Crippen LogP contribution is -2.38. The molecule has 20 heavy (non-hydrogen) atoms. The van der Waals surface area contributed by atoms with Crippen LogP contribution in [0.4, 0.5) is 5.69 Å². The molecular formula is C11H15ClN2O5S. The maximum atomic E-state index is 11.8. The van der Waals surface area contributed by atoms with Gasteiger partial charge in [-0.25, -0.2) is 8.42 Å². The van der Waals surface area contributed by atoms with E-state index in [0.29, 0.717) is 0 Å². The molecule has 0 aromatic heterocycles. The third-order valence-electron chi connectivity index (χ3n) is 2.42. The van der Waals surface area contributed by atoms with Crippen molar-refractivity contribution in [3.63, 3.8) is 0 Å². The molecule has 0 unspecified atom stereocenters. The fraction of sp³-hybridized carbons (Fsp3) is 0.364. The van der Waals surface area contributed by atoms with E-state index in [1.807, 2.05) is 0 Å². The highest BCUT2D eigenvalue weighted by atomic mass is 35.5. The number of hydrogen-bond acceptors (Lipinski definition) is 5. The molecule has 0 saturated heterocycles. The first-order valence-electron chi connectivity index (χ1n) is 5.38. The van der Waals surface area contributed by atoms with Crippen LogP contribution in [0.25, 0.3) is 0 Å². The summed E-state index contributed by atoms with van der Waals surface area (Å²) < 4.78 is 34.6. The number of sulfonamides is 1. The Kier molecular flexibility index (Phi) is 5.07. The third-order valence-corrected chi connectivity index (χ3v) is 3.84. The highest BCUT2D eigenvalue weighted by Gasteiger charge is 2.24. The molecule has 0 bridgehead atoms. The van der Waals surface area contributed by atoms with Crippen LogP contribution >= 0.6 is 11.6 Å². The van der Waals surface area contributed by atoms with Crippen molar-refractivity contribution in [1.82, 2.24) is 0 Å². The van der Waals surface area contributed by atoms with E-state index in [-0.39, 0.29) is 22.2 Å². The number of halogens is 1. The van der Waals surface area contributed by atoms with Gasteiger partial charge in [0.1, 0.15) is 18.0 Å². The average molecular weight is 323 g/mol. The zero-order valence-electron chi connectivity index (χ0n) is 11.2. The molecule has 0 heterocycles. The Morgan fingerprint density at radius 3 is 2.25 bits per heavy atom. The van der Waals surface area contributed by atoms with E-state index < -0.39 is 22.5 Å². The second kappa shape index (κ2) is 6.19. The van der Waals surface area contributed by atoms with Crippen LogP contribution in [-0.4, -0.2) is 41.3 Å². The molecule has 1 aromatic rings. The lowest BCUT2D eigenvalue weighted by molar-refractivity contribution is -0.116. The molecule has 2 N–H and O–H groups in total. The Morgan fingerprint density at radius 2 is 1.85 bits per heavy atom. The van der Waals surface area contributed by atoms with Crippen molar-refractivity contribution in [2.45, 2.75) is 0 Å². The molecule has 0 aliphatic rings. The van der Waals surface area contributed by atoms with E-state index >= 15 is 0 Å². The van der Waals surface area contributed by atoms with Crippen LogP contribution in [0.15, 0.2) is 12.1 Å². The van der Waals surface area contributed by atoms with Crippen molar-refractivity contribution in [3.05, 3.63) is 17.2 Å². The molecular weight excluding hydrogens is 308 g/mol. The summed E-state index contributed by atoms with van der Waals surface area (Å²) in [7, 11) is -0.991. The van der Waals surface area contributed by atoms with Gasteiger partial charge in [0.25, 0.3) is 0 Å². The maximum Gasteiger partial charge on any atom is 0.238 e. The smallest absolute Gasteiger partial charge is 0.238 e. The number of amides is 1. The fourth-order valence-corrected chi connectivity index (χ4v) is 2.65. The number of benzene rings is 1. The van der Waals surface area contributed by atoms with Crippen molar-refractivity contribution in [2.24, 2.45) is 5.73 Å². The number of primary amides is 1. The molecule has 1 rings (SSSR count). The first-order chi connectivity index (χ1) is 9.20. The quantitative estimate of drug-likeness (QED) is 0.827. The van der Waals surface area contributed by atoms with Gasteiger partial charge in [0.05, 0.1) is 31.2 Å². The van der Waals surface area contributed by atoms with Gasteiger partial charge < -0.3 is 15.2 Å². The monoisotopic (exact) mass is 322 g/mol. The van der Waals surface area contributed by atoms with Gasteiger partial charge in [0.2, 0.25) is 15.9 Å². The summed E-state index contributed by atoms with van der Waals surface area (Å²) >= 11 is 5.94. The van der Waals surface area contributed by atoms with Crippen LogP contribution in [0.5, 0.6) is 11.5 Å². The van der Waals surface area contributed by atoms with Gasteiger partial charge >= 0.3 is 0 Å². The number of ether oxygens (including phenoxy) is 2. The predicted octanol–water partition coefficient (Wildman–Crippen LogP) is 0.609. The topological polar surface area (TPSA) is 98.9 Å². The van der Waals surface area contributed by atoms with Gasteiger partial charge in [-0.15, -0.1) is 0 Å². The predicted molar refractivity (Wildman–Crippen MR) is 75.9 cm³/mol. The first-order valence-corrected chi connectivity index (χ1v) is 7.61. The van der Waals surface area contributed by atoms with E-state index in [9.17, 15) is 13.2 Å². The number of methoxy groups -OCH3 is 2. The summed E-state index contributed by atoms with van der Waals surface area (Å²) in [5, 5.41) is 0.251. The minimum Gasteiger partial charge on any atom is -0.495 e. The van der Waals surface area contributed by atoms with E-state index in [1.165, 1.54) is 26.4 Å². The van der Waals surface area contributed by atoms with Gasteiger partial charge in [-0.1, -0.05) is 11.6 Å². The Balaban J connectivity index is 3.49. The van der Waals surface area contributed by atoms with Crippen molar-refractivity contribution in [1.29, 1.82) is 0 Å². The minimum absolute atomic E-state index is 0.120. The number of hydrogen-bond donors (Lipinski definition) is 1. The van der Waals surface area contributed by atoms with Gasteiger partial charge in [-0.05, 0) is 0 Å². The maximum absolute atomic E-state index is 11.8. The molecule has 1 amide bonds. The molecule has 0 atom stereocenters. The molecule has 0 radical (unpaired) electrons. The SMILES string of the molecule is COc1cc(N(CC(N)=O)S(C)(=O)=O)c(OC)cc1Cl. The molecule has 0 aliphatic heterocycles. The highest BCUT2D eigenvalue weighted by Crippen LogP contribution is 2.38. The van der Waals surface area contributed by atoms with Gasteiger partial charge in [-0.3, -0.25) is 9.10 Å². The molecule has 0 spiro atoms. The van der Waals surface area contributed by atoms with Crippen LogP contribution in [-0.2, 0) is 14.8 Å². The van der Waals surface area contributed by atoms with E-state index in [0.717, 1.165) is 10.6 Å². The Morgan fingerprint density at radius 1 is 1.30 bits per heavy atom. The zero-order chi connectivity index (χ0) is 15.5. The molecule has 0 aliphatic carbocycles. The van der Waals surface area contributed by atoms with Crippen LogP contribution < -0.4 is 19.5 Å². The normalized spacial score (nSPS) is 11.0.